The number of rotatable bonds is 4. The Morgan fingerprint density at radius 1 is 1.41 bits per heavy atom. The van der Waals surface area contributed by atoms with Crippen LogP contribution in [0.2, 0.25) is 0 Å². The Morgan fingerprint density at radius 2 is 1.88 bits per heavy atom. The van der Waals surface area contributed by atoms with Gasteiger partial charge in [-0.3, -0.25) is 4.57 Å². The van der Waals surface area contributed by atoms with E-state index in [1.807, 2.05) is 5.32 Å². The van der Waals surface area contributed by atoms with E-state index < -0.39 is 37.2 Å². The van der Waals surface area contributed by atoms with Gasteiger partial charge in [-0.15, -0.1) is 0 Å². The highest BCUT2D eigenvalue weighted by atomic mass is 31.2. The molecule has 3 N–H and O–H groups in total. The smallest absolute Gasteiger partial charge is 0.408 e. The second-order valence-electron chi connectivity index (χ2n) is 4.77. The molecule has 7 nitrogen and oxygen atoms in total. The molecule has 0 aromatic rings. The van der Waals surface area contributed by atoms with Gasteiger partial charge in [0.2, 0.25) is 0 Å². The number of alkyl carbamates (subject to hydrolysis) is 1. The van der Waals surface area contributed by atoms with Gasteiger partial charge in [0.25, 0.3) is 0 Å². The van der Waals surface area contributed by atoms with Gasteiger partial charge in [0.05, 0.1) is 6.16 Å². The van der Waals surface area contributed by atoms with Crippen molar-refractivity contribution < 1.29 is 28.9 Å². The molecule has 17 heavy (non-hydrogen) atoms. The SMILES string of the molecule is CC(C)(C)OC(=O)NC(CP(C)(=O)O)C(=O)O. The molecule has 100 valence electrons. The minimum atomic E-state index is -3.53. The molecule has 0 saturated carbocycles. The van der Waals surface area contributed by atoms with Crippen molar-refractivity contribution in [1.29, 1.82) is 0 Å². The molecule has 0 fully saturated rings. The maximum Gasteiger partial charge on any atom is 0.408 e. The number of carbonyl (C=O) groups is 2. The van der Waals surface area contributed by atoms with E-state index in [0.717, 1.165) is 6.66 Å². The van der Waals surface area contributed by atoms with Crippen molar-refractivity contribution in [3.05, 3.63) is 0 Å². The van der Waals surface area contributed by atoms with E-state index in [4.69, 9.17) is 14.7 Å². The molecule has 0 aliphatic carbocycles. The molecular formula is C9H18NO6P. The minimum absolute atomic E-state index is 0.540. The van der Waals surface area contributed by atoms with Gasteiger partial charge in [0.1, 0.15) is 11.6 Å². The van der Waals surface area contributed by atoms with E-state index in [0.29, 0.717) is 0 Å². The molecule has 0 rings (SSSR count). The van der Waals surface area contributed by atoms with Crippen LogP contribution in [0.25, 0.3) is 0 Å². The predicted octanol–water partition coefficient (Wildman–Crippen LogP) is 0.864. The molecule has 2 unspecified atom stereocenters. The molecular weight excluding hydrogens is 249 g/mol. The van der Waals surface area contributed by atoms with Crippen LogP contribution in [0.5, 0.6) is 0 Å². The first-order chi connectivity index (χ1) is 7.41. The summed E-state index contributed by atoms with van der Waals surface area (Å²) in [7, 11) is -3.53. The largest absolute Gasteiger partial charge is 0.480 e. The molecule has 0 heterocycles. The molecule has 0 aromatic heterocycles. The van der Waals surface area contributed by atoms with E-state index in [2.05, 4.69) is 0 Å². The molecule has 0 radical (unpaired) electrons. The van der Waals surface area contributed by atoms with Crippen molar-refractivity contribution in [1.82, 2.24) is 5.32 Å². The van der Waals surface area contributed by atoms with Crippen LogP contribution < -0.4 is 5.32 Å². The number of aliphatic carboxylic acids is 1. The normalized spacial score (nSPS) is 16.8. The summed E-state index contributed by atoms with van der Waals surface area (Å²) in [4.78, 5) is 31.1. The van der Waals surface area contributed by atoms with E-state index in [-0.39, 0.29) is 0 Å². The van der Waals surface area contributed by atoms with Gasteiger partial charge in [0, 0.05) is 6.66 Å². The van der Waals surface area contributed by atoms with Gasteiger partial charge in [-0.1, -0.05) is 0 Å². The van der Waals surface area contributed by atoms with Crippen molar-refractivity contribution in [2.45, 2.75) is 32.4 Å². The number of carboxylic acids is 1. The van der Waals surface area contributed by atoms with Crippen molar-refractivity contribution in [2.24, 2.45) is 0 Å². The maximum atomic E-state index is 11.3. The van der Waals surface area contributed by atoms with Crippen molar-refractivity contribution in [2.75, 3.05) is 12.8 Å². The molecule has 0 aromatic carbocycles. The monoisotopic (exact) mass is 267 g/mol. The first-order valence-electron chi connectivity index (χ1n) is 4.92. The summed E-state index contributed by atoms with van der Waals surface area (Å²) in [6.45, 7) is 5.90. The van der Waals surface area contributed by atoms with Crippen LogP contribution in [0.4, 0.5) is 4.79 Å². The van der Waals surface area contributed by atoms with E-state index in [1.54, 1.807) is 20.8 Å². The predicted molar refractivity (Wildman–Crippen MR) is 61.4 cm³/mol. The minimum Gasteiger partial charge on any atom is -0.480 e. The fraction of sp³-hybridized carbons (Fsp3) is 0.778. The Hall–Kier alpha value is -1.07. The lowest BCUT2D eigenvalue weighted by Crippen LogP contribution is -2.45. The fourth-order valence-corrected chi connectivity index (χ4v) is 1.90. The lowest BCUT2D eigenvalue weighted by atomic mass is 10.2. The van der Waals surface area contributed by atoms with Crippen molar-refractivity contribution in [3.63, 3.8) is 0 Å². The van der Waals surface area contributed by atoms with Crippen LogP contribution in [-0.4, -0.2) is 46.5 Å². The highest BCUT2D eigenvalue weighted by molar-refractivity contribution is 7.57. The zero-order valence-electron chi connectivity index (χ0n) is 10.3. The first-order valence-corrected chi connectivity index (χ1v) is 7.21. The number of amides is 1. The van der Waals surface area contributed by atoms with Gasteiger partial charge in [-0.25, -0.2) is 9.59 Å². The van der Waals surface area contributed by atoms with Gasteiger partial charge < -0.3 is 20.1 Å². The fourth-order valence-electron chi connectivity index (χ4n) is 0.974. The van der Waals surface area contributed by atoms with E-state index in [9.17, 15) is 14.2 Å². The molecule has 1 amide bonds. The maximum absolute atomic E-state index is 11.3. The summed E-state index contributed by atoms with van der Waals surface area (Å²) in [5, 5.41) is 10.8. The molecule has 2 atom stereocenters. The molecule has 0 aliphatic heterocycles. The Labute approximate surface area is 99.6 Å². The quantitative estimate of drug-likeness (QED) is 0.651. The van der Waals surface area contributed by atoms with Gasteiger partial charge >= 0.3 is 12.1 Å². The van der Waals surface area contributed by atoms with Crippen LogP contribution in [0.15, 0.2) is 0 Å². The van der Waals surface area contributed by atoms with E-state index in [1.165, 1.54) is 0 Å². The van der Waals surface area contributed by atoms with Crippen LogP contribution in [0.3, 0.4) is 0 Å². The average molecular weight is 267 g/mol. The summed E-state index contributed by atoms with van der Waals surface area (Å²) >= 11 is 0. The van der Waals surface area contributed by atoms with E-state index >= 15 is 0 Å². The molecule has 0 saturated heterocycles. The lowest BCUT2D eigenvalue weighted by Gasteiger charge is -2.22. The van der Waals surface area contributed by atoms with Crippen molar-refractivity contribution in [3.8, 4) is 0 Å². The number of hydrogen-bond acceptors (Lipinski definition) is 4. The summed E-state index contributed by atoms with van der Waals surface area (Å²) in [6.07, 6.45) is -1.47. The molecule has 8 heteroatoms. The number of carboxylic acid groups (broad SMARTS) is 1. The highest BCUT2D eigenvalue weighted by Gasteiger charge is 2.28. The Morgan fingerprint density at radius 3 is 2.18 bits per heavy atom. The topological polar surface area (TPSA) is 113 Å². The summed E-state index contributed by atoms with van der Waals surface area (Å²) in [5.41, 5.74) is -0.762. The lowest BCUT2D eigenvalue weighted by molar-refractivity contribution is -0.138. The summed E-state index contributed by atoms with van der Waals surface area (Å²) in [6, 6.07) is -1.44. The zero-order valence-corrected chi connectivity index (χ0v) is 11.2. The third-order valence-electron chi connectivity index (χ3n) is 1.51. The molecule has 0 aliphatic rings. The van der Waals surface area contributed by atoms with Crippen LogP contribution in [0.1, 0.15) is 20.8 Å². The van der Waals surface area contributed by atoms with Gasteiger partial charge in [0.15, 0.2) is 7.37 Å². The average Bonchev–Trinajstić information content (AvgIpc) is 1.95. The number of ether oxygens (including phenoxy) is 1. The summed E-state index contributed by atoms with van der Waals surface area (Å²) in [5.74, 6) is -1.38. The molecule has 0 bridgehead atoms. The van der Waals surface area contributed by atoms with Crippen LogP contribution in [-0.2, 0) is 14.1 Å². The highest BCUT2D eigenvalue weighted by Crippen LogP contribution is 2.35. The second-order valence-corrected chi connectivity index (χ2v) is 7.24. The Balaban J connectivity index is 4.52. The van der Waals surface area contributed by atoms with Crippen molar-refractivity contribution >= 4 is 19.4 Å². The zero-order chi connectivity index (χ0) is 13.9. The first kappa shape index (κ1) is 15.9. The Bertz CT molecular complexity index is 342. The summed E-state index contributed by atoms with van der Waals surface area (Å²) < 4.78 is 15.9. The third-order valence-corrected chi connectivity index (χ3v) is 2.55. The standard InChI is InChI=1S/C9H18NO6P/c1-9(2,3)16-8(13)10-6(7(11)12)5-17(4,14)15/h6H,5H2,1-4H3,(H,10,13)(H,11,12)(H,14,15). The Kier molecular flexibility index (Phi) is 5.16. The second kappa shape index (κ2) is 5.51. The number of hydrogen-bond donors (Lipinski definition) is 3. The molecule has 0 spiro atoms. The third kappa shape index (κ3) is 8.71. The van der Waals surface area contributed by atoms with Crippen LogP contribution in [0, 0.1) is 0 Å². The van der Waals surface area contributed by atoms with Crippen LogP contribution >= 0.6 is 7.37 Å². The number of nitrogens with one attached hydrogen (secondary N) is 1. The van der Waals surface area contributed by atoms with Gasteiger partial charge in [-0.05, 0) is 20.8 Å². The number of carbonyl (C=O) groups excluding carboxylic acids is 1. The van der Waals surface area contributed by atoms with Gasteiger partial charge in [-0.2, -0.15) is 0 Å².